The van der Waals surface area contributed by atoms with E-state index in [0.29, 0.717) is 0 Å². The molecule has 0 saturated heterocycles. The second-order valence-corrected chi connectivity index (χ2v) is 4.84. The van der Waals surface area contributed by atoms with Crippen LogP contribution in [-0.4, -0.2) is 11.2 Å². The topological polar surface area (TPSA) is 12.9 Å². The minimum absolute atomic E-state index is 1.05. The molecular formula is C12H10BrNS. The van der Waals surface area contributed by atoms with Gasteiger partial charge in [0.15, 0.2) is 0 Å². The highest BCUT2D eigenvalue weighted by molar-refractivity contribution is 9.10. The molecule has 0 amide bonds. The second kappa shape index (κ2) is 4.81. The minimum atomic E-state index is 1.05. The Morgan fingerprint density at radius 2 is 1.80 bits per heavy atom. The predicted molar refractivity (Wildman–Crippen MR) is 69.2 cm³/mol. The maximum atomic E-state index is 4.25. The number of nitrogens with zero attached hydrogens (tertiary/aromatic N) is 1. The number of benzene rings is 1. The first-order chi connectivity index (χ1) is 7.29. The number of hydrogen-bond acceptors (Lipinski definition) is 2. The van der Waals surface area contributed by atoms with Gasteiger partial charge in [-0.1, -0.05) is 28.1 Å². The number of aromatic nitrogens is 1. The predicted octanol–water partition coefficient (Wildman–Crippen LogP) is 4.23. The fraction of sp³-hybridized carbons (Fsp3) is 0.0833. The molecule has 0 aliphatic rings. The van der Waals surface area contributed by atoms with Crippen LogP contribution in [0.2, 0.25) is 0 Å². The molecule has 1 nitrogen and oxygen atoms in total. The Labute approximate surface area is 102 Å². The van der Waals surface area contributed by atoms with Crippen molar-refractivity contribution < 1.29 is 0 Å². The van der Waals surface area contributed by atoms with Crippen LogP contribution in [0, 0.1) is 0 Å². The first kappa shape index (κ1) is 10.7. The van der Waals surface area contributed by atoms with E-state index in [1.807, 2.05) is 18.5 Å². The quantitative estimate of drug-likeness (QED) is 0.763. The maximum absolute atomic E-state index is 4.25. The molecule has 0 bridgehead atoms. The highest BCUT2D eigenvalue weighted by atomic mass is 79.9. The molecule has 2 rings (SSSR count). The van der Waals surface area contributed by atoms with E-state index in [1.165, 1.54) is 11.1 Å². The van der Waals surface area contributed by atoms with E-state index in [0.717, 1.165) is 9.50 Å². The Balaban J connectivity index is 2.40. The molecule has 3 heteroatoms. The standard InChI is InChI=1S/C12H10BrNS/c1-15-12-8-10(6-7-14-12)9-2-4-11(13)5-3-9/h2-8H,1H3. The van der Waals surface area contributed by atoms with Crippen LogP contribution in [0.25, 0.3) is 11.1 Å². The molecule has 1 aromatic carbocycles. The smallest absolute Gasteiger partial charge is 0.0963 e. The van der Waals surface area contributed by atoms with Crippen LogP contribution in [0.4, 0.5) is 0 Å². The van der Waals surface area contributed by atoms with E-state index in [1.54, 1.807) is 11.8 Å². The lowest BCUT2D eigenvalue weighted by Gasteiger charge is -2.03. The SMILES string of the molecule is CSc1cc(-c2ccc(Br)cc2)ccn1. The lowest BCUT2D eigenvalue weighted by molar-refractivity contribution is 1.14. The average molecular weight is 280 g/mol. The zero-order valence-electron chi connectivity index (χ0n) is 8.27. The largest absolute Gasteiger partial charge is 0.250 e. The van der Waals surface area contributed by atoms with Gasteiger partial charge in [-0.05, 0) is 41.6 Å². The van der Waals surface area contributed by atoms with E-state index in [2.05, 4.69) is 51.2 Å². The molecule has 0 fully saturated rings. The summed E-state index contributed by atoms with van der Waals surface area (Å²) < 4.78 is 1.10. The Bertz CT molecular complexity index is 453. The van der Waals surface area contributed by atoms with Crippen molar-refractivity contribution in [3.63, 3.8) is 0 Å². The van der Waals surface area contributed by atoms with Gasteiger partial charge in [-0.3, -0.25) is 0 Å². The highest BCUT2D eigenvalue weighted by Crippen LogP contribution is 2.24. The molecule has 0 spiro atoms. The van der Waals surface area contributed by atoms with E-state index < -0.39 is 0 Å². The van der Waals surface area contributed by atoms with Gasteiger partial charge < -0.3 is 0 Å². The number of thioether (sulfide) groups is 1. The van der Waals surface area contributed by atoms with Crippen molar-refractivity contribution >= 4 is 27.7 Å². The molecular weight excluding hydrogens is 270 g/mol. The van der Waals surface area contributed by atoms with Crippen molar-refractivity contribution in [3.8, 4) is 11.1 Å². The molecule has 0 aliphatic heterocycles. The third kappa shape index (κ3) is 2.61. The van der Waals surface area contributed by atoms with Crippen molar-refractivity contribution in [3.05, 3.63) is 47.1 Å². The third-order valence-corrected chi connectivity index (χ3v) is 3.29. The van der Waals surface area contributed by atoms with Crippen molar-refractivity contribution in [2.45, 2.75) is 5.03 Å². The van der Waals surface area contributed by atoms with Gasteiger partial charge in [0.25, 0.3) is 0 Å². The van der Waals surface area contributed by atoms with Gasteiger partial charge in [0.2, 0.25) is 0 Å². The molecule has 0 atom stereocenters. The third-order valence-electron chi connectivity index (χ3n) is 2.12. The van der Waals surface area contributed by atoms with Crippen LogP contribution in [-0.2, 0) is 0 Å². The van der Waals surface area contributed by atoms with E-state index in [4.69, 9.17) is 0 Å². The molecule has 2 aromatic rings. The lowest BCUT2D eigenvalue weighted by atomic mass is 10.1. The summed E-state index contributed by atoms with van der Waals surface area (Å²) in [5, 5.41) is 1.05. The fourth-order valence-corrected chi connectivity index (χ4v) is 2.02. The van der Waals surface area contributed by atoms with E-state index in [9.17, 15) is 0 Å². The van der Waals surface area contributed by atoms with Crippen LogP contribution in [0.3, 0.4) is 0 Å². The fourth-order valence-electron chi connectivity index (χ4n) is 1.34. The molecule has 76 valence electrons. The Morgan fingerprint density at radius 1 is 1.07 bits per heavy atom. The van der Waals surface area contributed by atoms with Gasteiger partial charge >= 0.3 is 0 Å². The molecule has 0 saturated carbocycles. The summed E-state index contributed by atoms with van der Waals surface area (Å²) in [5.74, 6) is 0. The van der Waals surface area contributed by atoms with Crippen molar-refractivity contribution in [1.82, 2.24) is 4.98 Å². The van der Waals surface area contributed by atoms with Crippen LogP contribution in [0.15, 0.2) is 52.1 Å². The van der Waals surface area contributed by atoms with Crippen molar-refractivity contribution in [2.24, 2.45) is 0 Å². The monoisotopic (exact) mass is 279 g/mol. The summed E-state index contributed by atoms with van der Waals surface area (Å²) in [6, 6.07) is 12.4. The summed E-state index contributed by atoms with van der Waals surface area (Å²) in [6.07, 6.45) is 3.89. The van der Waals surface area contributed by atoms with Crippen molar-refractivity contribution in [1.29, 1.82) is 0 Å². The van der Waals surface area contributed by atoms with Gasteiger partial charge in [0, 0.05) is 10.7 Å². The van der Waals surface area contributed by atoms with Crippen LogP contribution >= 0.6 is 27.7 Å². The molecule has 0 radical (unpaired) electrons. The number of halogens is 1. The van der Waals surface area contributed by atoms with E-state index in [-0.39, 0.29) is 0 Å². The first-order valence-electron chi connectivity index (χ1n) is 4.55. The Kier molecular flexibility index (Phi) is 3.44. The maximum Gasteiger partial charge on any atom is 0.0963 e. The molecule has 0 aliphatic carbocycles. The normalized spacial score (nSPS) is 10.3. The summed E-state index contributed by atoms with van der Waals surface area (Å²) in [6.45, 7) is 0. The van der Waals surface area contributed by atoms with Crippen LogP contribution in [0.5, 0.6) is 0 Å². The zero-order valence-corrected chi connectivity index (χ0v) is 10.7. The summed E-state index contributed by atoms with van der Waals surface area (Å²) in [7, 11) is 0. The minimum Gasteiger partial charge on any atom is -0.250 e. The van der Waals surface area contributed by atoms with Crippen molar-refractivity contribution in [2.75, 3.05) is 6.26 Å². The Morgan fingerprint density at radius 3 is 2.47 bits per heavy atom. The molecule has 15 heavy (non-hydrogen) atoms. The molecule has 1 aromatic heterocycles. The second-order valence-electron chi connectivity index (χ2n) is 3.09. The Hall–Kier alpha value is -0.800. The lowest BCUT2D eigenvalue weighted by Crippen LogP contribution is -1.81. The number of pyridine rings is 1. The van der Waals surface area contributed by atoms with Gasteiger partial charge in [0.1, 0.15) is 0 Å². The summed E-state index contributed by atoms with van der Waals surface area (Å²) in [5.41, 5.74) is 2.43. The number of hydrogen-bond donors (Lipinski definition) is 0. The zero-order chi connectivity index (χ0) is 10.7. The summed E-state index contributed by atoms with van der Waals surface area (Å²) >= 11 is 5.09. The van der Waals surface area contributed by atoms with E-state index >= 15 is 0 Å². The molecule has 0 N–H and O–H groups in total. The van der Waals surface area contributed by atoms with Crippen LogP contribution in [0.1, 0.15) is 0 Å². The molecule has 0 unspecified atom stereocenters. The van der Waals surface area contributed by atoms with Gasteiger partial charge in [-0.25, -0.2) is 4.98 Å². The van der Waals surface area contributed by atoms with Gasteiger partial charge in [-0.2, -0.15) is 0 Å². The van der Waals surface area contributed by atoms with Gasteiger partial charge in [-0.15, -0.1) is 11.8 Å². The average Bonchev–Trinajstić information content (AvgIpc) is 2.30. The number of rotatable bonds is 2. The van der Waals surface area contributed by atoms with Crippen LogP contribution < -0.4 is 0 Å². The highest BCUT2D eigenvalue weighted by Gasteiger charge is 1.99. The van der Waals surface area contributed by atoms with Gasteiger partial charge in [0.05, 0.1) is 5.03 Å². The molecule has 1 heterocycles. The first-order valence-corrected chi connectivity index (χ1v) is 6.57. The summed E-state index contributed by atoms with van der Waals surface area (Å²) in [4.78, 5) is 4.25.